The van der Waals surface area contributed by atoms with Crippen LogP contribution in [0.3, 0.4) is 0 Å². The van der Waals surface area contributed by atoms with Crippen molar-refractivity contribution in [2.45, 2.75) is 37.5 Å². The maximum absolute atomic E-state index is 11.8. The number of rotatable bonds is 6. The Labute approximate surface area is 114 Å². The lowest BCUT2D eigenvalue weighted by Crippen LogP contribution is -2.47. The van der Waals surface area contributed by atoms with E-state index in [1.807, 2.05) is 0 Å². The van der Waals surface area contributed by atoms with Crippen molar-refractivity contribution in [3.8, 4) is 0 Å². The van der Waals surface area contributed by atoms with Crippen LogP contribution in [0.1, 0.15) is 19.3 Å². The topological polar surface area (TPSA) is 147 Å². The molecular formula is C11H18N2O7. The minimum absolute atomic E-state index is 0.00762. The van der Waals surface area contributed by atoms with Crippen LogP contribution >= 0.6 is 0 Å². The molecule has 1 aliphatic heterocycles. The van der Waals surface area contributed by atoms with Crippen molar-refractivity contribution in [1.82, 2.24) is 10.2 Å². The Balaban J connectivity index is 2.47. The molecule has 1 rings (SSSR count). The summed E-state index contributed by atoms with van der Waals surface area (Å²) < 4.78 is 0. The Kier molecular flexibility index (Phi) is 5.71. The van der Waals surface area contributed by atoms with E-state index in [1.54, 1.807) is 0 Å². The lowest BCUT2D eigenvalue weighted by Gasteiger charge is -2.20. The highest BCUT2D eigenvalue weighted by molar-refractivity contribution is 5.82. The van der Waals surface area contributed by atoms with Crippen molar-refractivity contribution >= 4 is 18.0 Å². The molecule has 0 spiro atoms. The number of nitrogens with zero attached hydrogens (tertiary/aromatic N) is 1. The summed E-state index contributed by atoms with van der Waals surface area (Å²) in [6.07, 6.45) is -2.16. The number of carboxylic acids is 2. The highest BCUT2D eigenvalue weighted by Crippen LogP contribution is 2.11. The molecule has 2 amide bonds. The number of amides is 2. The number of β-amino-alcohol motifs (C(OH)–C–C–N with tert-alkyl or cyclic N) is 2. The average molecular weight is 290 g/mol. The molecule has 2 unspecified atom stereocenters. The molecule has 1 heterocycles. The van der Waals surface area contributed by atoms with E-state index in [1.165, 1.54) is 0 Å². The van der Waals surface area contributed by atoms with Gasteiger partial charge in [0.25, 0.3) is 0 Å². The third-order valence-corrected chi connectivity index (χ3v) is 3.03. The fourth-order valence-electron chi connectivity index (χ4n) is 1.89. The number of aliphatic carboxylic acids is 2. The Morgan fingerprint density at radius 1 is 1.15 bits per heavy atom. The van der Waals surface area contributed by atoms with Crippen LogP contribution in [0, 0.1) is 0 Å². The van der Waals surface area contributed by atoms with Gasteiger partial charge in [0, 0.05) is 6.42 Å². The van der Waals surface area contributed by atoms with E-state index in [0.717, 1.165) is 4.90 Å². The molecule has 0 saturated carbocycles. The molecule has 1 fully saturated rings. The molecule has 20 heavy (non-hydrogen) atoms. The van der Waals surface area contributed by atoms with Gasteiger partial charge in [-0.15, -0.1) is 0 Å². The normalized spacial score (nSPS) is 23.4. The molecule has 0 bridgehead atoms. The number of carbonyl (C=O) groups is 3. The molecule has 1 aliphatic rings. The quantitative estimate of drug-likeness (QED) is 0.397. The van der Waals surface area contributed by atoms with Crippen LogP contribution in [0.25, 0.3) is 0 Å². The molecule has 0 aromatic rings. The van der Waals surface area contributed by atoms with E-state index < -0.39 is 36.2 Å². The lowest BCUT2D eigenvalue weighted by molar-refractivity contribution is -0.140. The highest BCUT2D eigenvalue weighted by atomic mass is 16.4. The number of carbonyl (C=O) groups excluding carboxylic acids is 1. The van der Waals surface area contributed by atoms with E-state index in [-0.39, 0.29) is 32.4 Å². The third kappa shape index (κ3) is 4.67. The molecule has 5 N–H and O–H groups in total. The summed E-state index contributed by atoms with van der Waals surface area (Å²) in [7, 11) is 0. The summed E-state index contributed by atoms with van der Waals surface area (Å²) in [5.74, 6) is -2.30. The van der Waals surface area contributed by atoms with Crippen molar-refractivity contribution in [2.24, 2.45) is 0 Å². The van der Waals surface area contributed by atoms with E-state index in [4.69, 9.17) is 10.2 Å². The van der Waals surface area contributed by atoms with Gasteiger partial charge in [-0.1, -0.05) is 0 Å². The largest absolute Gasteiger partial charge is 0.481 e. The molecule has 1 saturated heterocycles. The smallest absolute Gasteiger partial charge is 0.326 e. The molecule has 3 atom stereocenters. The number of aliphatic hydroxyl groups is 2. The number of urea groups is 1. The average Bonchev–Trinajstić information content (AvgIpc) is 2.67. The van der Waals surface area contributed by atoms with Crippen molar-refractivity contribution in [3.63, 3.8) is 0 Å². The van der Waals surface area contributed by atoms with Crippen LogP contribution in [0.15, 0.2) is 0 Å². The van der Waals surface area contributed by atoms with Crippen molar-refractivity contribution in [1.29, 1.82) is 0 Å². The minimum atomic E-state index is -1.26. The van der Waals surface area contributed by atoms with E-state index >= 15 is 0 Å². The first-order valence-corrected chi connectivity index (χ1v) is 6.17. The van der Waals surface area contributed by atoms with Gasteiger partial charge < -0.3 is 30.6 Å². The lowest BCUT2D eigenvalue weighted by atomic mass is 10.1. The number of likely N-dealkylation sites (tertiary alicyclic amines) is 1. The van der Waals surface area contributed by atoms with Gasteiger partial charge in [-0.25, -0.2) is 9.59 Å². The van der Waals surface area contributed by atoms with Crippen LogP contribution < -0.4 is 5.32 Å². The summed E-state index contributed by atoms with van der Waals surface area (Å²) in [6.45, 7) is -0.150. The molecule has 0 aromatic carbocycles. The predicted octanol–water partition coefficient (Wildman–Crippen LogP) is -1.56. The van der Waals surface area contributed by atoms with Crippen LogP contribution in [0.4, 0.5) is 4.79 Å². The van der Waals surface area contributed by atoms with Gasteiger partial charge in [0.15, 0.2) is 0 Å². The fourth-order valence-corrected chi connectivity index (χ4v) is 1.89. The Hall–Kier alpha value is -1.87. The molecular weight excluding hydrogens is 272 g/mol. The molecule has 114 valence electrons. The van der Waals surface area contributed by atoms with Gasteiger partial charge in [0.05, 0.1) is 25.3 Å². The SMILES string of the molecule is O=C(O)CCC[C@@H](NC(=O)N1CC(O)C(O)C1)C(=O)O. The van der Waals surface area contributed by atoms with Gasteiger partial charge in [-0.2, -0.15) is 0 Å². The Bertz CT molecular complexity index is 377. The zero-order valence-corrected chi connectivity index (χ0v) is 10.7. The van der Waals surface area contributed by atoms with Crippen LogP contribution in [0.2, 0.25) is 0 Å². The molecule has 0 aliphatic carbocycles. The highest BCUT2D eigenvalue weighted by Gasteiger charge is 2.34. The second kappa shape index (κ2) is 7.06. The summed E-state index contributed by atoms with van der Waals surface area (Å²) in [5, 5.41) is 38.3. The zero-order valence-electron chi connectivity index (χ0n) is 10.7. The van der Waals surface area contributed by atoms with Crippen molar-refractivity contribution in [3.05, 3.63) is 0 Å². The van der Waals surface area contributed by atoms with E-state index in [2.05, 4.69) is 5.32 Å². The number of carboxylic acid groups (broad SMARTS) is 2. The monoisotopic (exact) mass is 290 g/mol. The molecule has 0 radical (unpaired) electrons. The number of hydrogen-bond acceptors (Lipinski definition) is 5. The second-order valence-corrected chi connectivity index (χ2v) is 4.67. The van der Waals surface area contributed by atoms with Gasteiger partial charge in [-0.05, 0) is 12.8 Å². The van der Waals surface area contributed by atoms with E-state index in [0.29, 0.717) is 0 Å². The second-order valence-electron chi connectivity index (χ2n) is 4.67. The first kappa shape index (κ1) is 16.2. The maximum atomic E-state index is 11.8. The van der Waals surface area contributed by atoms with E-state index in [9.17, 15) is 24.6 Å². The molecule has 9 nitrogen and oxygen atoms in total. The Morgan fingerprint density at radius 3 is 2.15 bits per heavy atom. The maximum Gasteiger partial charge on any atom is 0.326 e. The summed E-state index contributed by atoms with van der Waals surface area (Å²) >= 11 is 0. The van der Waals surface area contributed by atoms with Crippen LogP contribution in [-0.4, -0.2) is 74.6 Å². The van der Waals surface area contributed by atoms with Crippen molar-refractivity contribution in [2.75, 3.05) is 13.1 Å². The van der Waals surface area contributed by atoms with Crippen LogP contribution in [-0.2, 0) is 9.59 Å². The third-order valence-electron chi connectivity index (χ3n) is 3.03. The standard InChI is InChI=1S/C11H18N2O7/c14-7-4-13(5-8(7)15)11(20)12-6(10(18)19)2-1-3-9(16)17/h6-8,14-15H,1-5H2,(H,12,20)(H,16,17)(H,18,19)/t6-,7?,8?/m1/s1. The summed E-state index contributed by atoms with van der Waals surface area (Å²) in [6, 6.07) is -1.90. The predicted molar refractivity (Wildman–Crippen MR) is 65.0 cm³/mol. The van der Waals surface area contributed by atoms with Gasteiger partial charge in [-0.3, -0.25) is 4.79 Å². The minimum Gasteiger partial charge on any atom is -0.481 e. The molecule has 9 heteroatoms. The Morgan fingerprint density at radius 2 is 1.70 bits per heavy atom. The number of hydrogen-bond donors (Lipinski definition) is 5. The number of nitrogens with one attached hydrogen (secondary N) is 1. The first-order valence-electron chi connectivity index (χ1n) is 6.17. The van der Waals surface area contributed by atoms with Gasteiger partial charge in [0.1, 0.15) is 6.04 Å². The zero-order chi connectivity index (χ0) is 15.3. The summed E-state index contributed by atoms with van der Waals surface area (Å²) in [4.78, 5) is 34.2. The molecule has 0 aromatic heterocycles. The van der Waals surface area contributed by atoms with Crippen LogP contribution in [0.5, 0.6) is 0 Å². The van der Waals surface area contributed by atoms with Gasteiger partial charge >= 0.3 is 18.0 Å². The van der Waals surface area contributed by atoms with Crippen molar-refractivity contribution < 1.29 is 34.8 Å². The number of aliphatic hydroxyl groups excluding tert-OH is 2. The fraction of sp³-hybridized carbons (Fsp3) is 0.727. The van der Waals surface area contributed by atoms with Gasteiger partial charge in [0.2, 0.25) is 0 Å². The summed E-state index contributed by atoms with van der Waals surface area (Å²) in [5.41, 5.74) is 0. The first-order chi connectivity index (χ1) is 9.31.